The van der Waals surface area contributed by atoms with Gasteiger partial charge in [0.15, 0.2) is 0 Å². The molecule has 0 saturated heterocycles. The molecule has 0 fully saturated rings. The summed E-state index contributed by atoms with van der Waals surface area (Å²) in [5.74, 6) is 0. The SMILES string of the molecule is C=CCCC1=C(C)c2ccc(-c3cc(-c4ccccc4)c4ccc5c(-c6ccccc6)cc(-c6ccc7c(c6)C(C)(C)c6ccccc6-7)nc5c4n3)cc2C1(C)C. The molecule has 0 aliphatic heterocycles. The maximum absolute atomic E-state index is 5.61. The summed E-state index contributed by atoms with van der Waals surface area (Å²) in [5.41, 5.74) is 21.4. The third-order valence-electron chi connectivity index (χ3n) is 13.0. The summed E-state index contributed by atoms with van der Waals surface area (Å²) in [5, 5.41) is 2.19. The van der Waals surface area contributed by atoms with E-state index in [2.05, 4.69) is 187 Å². The van der Waals surface area contributed by atoms with Crippen molar-refractivity contribution in [2.75, 3.05) is 0 Å². The Labute approximate surface area is 336 Å². The van der Waals surface area contributed by atoms with E-state index < -0.39 is 0 Å². The molecule has 0 saturated carbocycles. The molecule has 0 radical (unpaired) electrons. The van der Waals surface area contributed by atoms with Crippen LogP contribution in [0.15, 0.2) is 164 Å². The molecule has 10 rings (SSSR count). The van der Waals surface area contributed by atoms with Gasteiger partial charge in [-0.1, -0.05) is 161 Å². The quantitative estimate of drug-likeness (QED) is 0.120. The second kappa shape index (κ2) is 13.1. The maximum atomic E-state index is 5.61. The summed E-state index contributed by atoms with van der Waals surface area (Å²) in [6.07, 6.45) is 4.04. The van der Waals surface area contributed by atoms with Crippen molar-refractivity contribution >= 4 is 27.4 Å². The molecule has 2 heteroatoms. The average molecular weight is 735 g/mol. The molecule has 0 amide bonds. The minimum Gasteiger partial charge on any atom is -0.245 e. The highest BCUT2D eigenvalue weighted by Crippen LogP contribution is 2.51. The molecule has 2 nitrogen and oxygen atoms in total. The largest absolute Gasteiger partial charge is 0.245 e. The van der Waals surface area contributed by atoms with Gasteiger partial charge in [-0.05, 0) is 105 Å². The topological polar surface area (TPSA) is 25.8 Å². The molecule has 0 bridgehead atoms. The third-order valence-corrected chi connectivity index (χ3v) is 13.0. The molecule has 2 aromatic heterocycles. The molecule has 0 atom stereocenters. The van der Waals surface area contributed by atoms with Crippen LogP contribution in [0, 0.1) is 0 Å². The van der Waals surface area contributed by atoms with Crippen LogP contribution in [0.3, 0.4) is 0 Å². The Bertz CT molecular complexity index is 2960. The van der Waals surface area contributed by atoms with E-state index in [-0.39, 0.29) is 10.8 Å². The Balaban J connectivity index is 1.23. The summed E-state index contributed by atoms with van der Waals surface area (Å²) < 4.78 is 0. The first-order valence-corrected chi connectivity index (χ1v) is 20.3. The van der Waals surface area contributed by atoms with E-state index in [0.717, 1.165) is 79.4 Å². The van der Waals surface area contributed by atoms with Crippen molar-refractivity contribution < 1.29 is 0 Å². The first-order chi connectivity index (χ1) is 27.6. The van der Waals surface area contributed by atoms with Crippen molar-refractivity contribution in [3.05, 3.63) is 186 Å². The molecule has 57 heavy (non-hydrogen) atoms. The van der Waals surface area contributed by atoms with Crippen molar-refractivity contribution in [3.8, 4) is 55.9 Å². The van der Waals surface area contributed by atoms with Crippen LogP contribution in [0.1, 0.15) is 69.7 Å². The van der Waals surface area contributed by atoms with Crippen LogP contribution in [0.5, 0.6) is 0 Å². The van der Waals surface area contributed by atoms with Crippen LogP contribution in [-0.2, 0) is 10.8 Å². The second-order valence-electron chi connectivity index (χ2n) is 16.9. The summed E-state index contributed by atoms with van der Waals surface area (Å²) >= 11 is 0. The first-order valence-electron chi connectivity index (χ1n) is 20.3. The molecule has 0 unspecified atom stereocenters. The molecule has 0 spiro atoms. The zero-order valence-corrected chi connectivity index (χ0v) is 33.4. The van der Waals surface area contributed by atoms with Crippen molar-refractivity contribution in [3.63, 3.8) is 0 Å². The van der Waals surface area contributed by atoms with Crippen LogP contribution in [0.2, 0.25) is 0 Å². The molecular weight excluding hydrogens is 689 g/mol. The van der Waals surface area contributed by atoms with Gasteiger partial charge in [0.1, 0.15) is 0 Å². The summed E-state index contributed by atoms with van der Waals surface area (Å²) in [6, 6.07) is 53.3. The number of aromatic nitrogens is 2. The van der Waals surface area contributed by atoms with E-state index in [0.29, 0.717) is 0 Å². The van der Waals surface area contributed by atoms with E-state index in [1.165, 1.54) is 44.5 Å². The lowest BCUT2D eigenvalue weighted by molar-refractivity contribution is 0.609. The van der Waals surface area contributed by atoms with Crippen molar-refractivity contribution in [1.29, 1.82) is 0 Å². The number of hydrogen-bond acceptors (Lipinski definition) is 2. The van der Waals surface area contributed by atoms with Gasteiger partial charge in [0.05, 0.1) is 22.4 Å². The molecule has 0 N–H and O–H groups in total. The lowest BCUT2D eigenvalue weighted by atomic mass is 9.79. The van der Waals surface area contributed by atoms with Crippen LogP contribution in [0.4, 0.5) is 0 Å². The number of benzene rings is 6. The van der Waals surface area contributed by atoms with Gasteiger partial charge in [0, 0.05) is 32.7 Å². The Hall–Kier alpha value is -6.38. The van der Waals surface area contributed by atoms with Crippen LogP contribution in [0.25, 0.3) is 83.3 Å². The maximum Gasteiger partial charge on any atom is 0.0978 e. The standard InChI is InChI=1S/C55H46N2/c1-7-8-22-46-34(2)39-26-24-37(30-48(39)54(46,3)4)50-32-44(35-17-11-9-12-18-35)42-28-29-43-45(36-19-13-10-14-20-36)33-51(57-53(43)52(42)56-50)38-25-27-41-40-21-15-16-23-47(40)55(5,6)49(41)31-38/h7,9-21,23-33H,1,8,22H2,2-6H3. The predicted octanol–water partition coefficient (Wildman–Crippen LogP) is 14.8. The zero-order valence-electron chi connectivity index (χ0n) is 33.4. The van der Waals surface area contributed by atoms with Crippen molar-refractivity contribution in [2.24, 2.45) is 0 Å². The molecule has 2 aliphatic carbocycles. The van der Waals surface area contributed by atoms with Gasteiger partial charge >= 0.3 is 0 Å². The Morgan fingerprint density at radius 2 is 0.965 bits per heavy atom. The van der Waals surface area contributed by atoms with Gasteiger partial charge < -0.3 is 0 Å². The van der Waals surface area contributed by atoms with Gasteiger partial charge in [-0.15, -0.1) is 6.58 Å². The fourth-order valence-electron chi connectivity index (χ4n) is 9.94. The zero-order chi connectivity index (χ0) is 39.1. The molecular formula is C55H46N2. The lowest BCUT2D eigenvalue weighted by Crippen LogP contribution is -2.17. The number of pyridine rings is 2. The van der Waals surface area contributed by atoms with E-state index in [1.54, 1.807) is 0 Å². The number of rotatable bonds is 7. The monoisotopic (exact) mass is 734 g/mol. The molecule has 276 valence electrons. The molecule has 6 aromatic carbocycles. The van der Waals surface area contributed by atoms with E-state index >= 15 is 0 Å². The summed E-state index contributed by atoms with van der Waals surface area (Å²) in [7, 11) is 0. The average Bonchev–Trinajstić information content (AvgIpc) is 3.59. The lowest BCUT2D eigenvalue weighted by Gasteiger charge is -2.25. The Morgan fingerprint density at radius 1 is 0.474 bits per heavy atom. The molecule has 2 aliphatic rings. The fourth-order valence-corrected chi connectivity index (χ4v) is 9.94. The van der Waals surface area contributed by atoms with E-state index in [1.807, 2.05) is 6.08 Å². The summed E-state index contributed by atoms with van der Waals surface area (Å²) in [4.78, 5) is 11.2. The van der Waals surface area contributed by atoms with Gasteiger partial charge in [0.25, 0.3) is 0 Å². The predicted molar refractivity (Wildman–Crippen MR) is 241 cm³/mol. The van der Waals surface area contributed by atoms with Gasteiger partial charge in [-0.2, -0.15) is 0 Å². The highest BCUT2D eigenvalue weighted by atomic mass is 14.8. The highest BCUT2D eigenvalue weighted by Gasteiger charge is 2.37. The summed E-state index contributed by atoms with van der Waals surface area (Å²) in [6.45, 7) is 15.7. The number of allylic oxidation sites excluding steroid dienone is 3. The van der Waals surface area contributed by atoms with Crippen LogP contribution < -0.4 is 0 Å². The van der Waals surface area contributed by atoms with Crippen LogP contribution in [-0.4, -0.2) is 9.97 Å². The first kappa shape index (κ1) is 35.1. The molecule has 8 aromatic rings. The minimum atomic E-state index is -0.111. The minimum absolute atomic E-state index is 0.0723. The van der Waals surface area contributed by atoms with Crippen LogP contribution >= 0.6 is 0 Å². The normalized spacial score (nSPS) is 14.8. The van der Waals surface area contributed by atoms with E-state index in [4.69, 9.17) is 9.97 Å². The number of nitrogens with zero attached hydrogens (tertiary/aromatic N) is 2. The van der Waals surface area contributed by atoms with Crippen molar-refractivity contribution in [1.82, 2.24) is 9.97 Å². The van der Waals surface area contributed by atoms with Gasteiger partial charge in [-0.3, -0.25) is 0 Å². The Kier molecular flexibility index (Phi) is 8.06. The fraction of sp³-hybridized carbons (Fsp3) is 0.164. The Morgan fingerprint density at radius 3 is 1.53 bits per heavy atom. The highest BCUT2D eigenvalue weighted by molar-refractivity contribution is 6.13. The van der Waals surface area contributed by atoms with Gasteiger partial charge in [0.2, 0.25) is 0 Å². The second-order valence-corrected chi connectivity index (χ2v) is 16.9. The smallest absolute Gasteiger partial charge is 0.0978 e. The molecule has 2 heterocycles. The number of fused-ring (bicyclic) bond motifs is 7. The van der Waals surface area contributed by atoms with Crippen molar-refractivity contribution in [2.45, 2.75) is 58.3 Å². The third kappa shape index (κ3) is 5.46. The van der Waals surface area contributed by atoms with E-state index in [9.17, 15) is 0 Å². The number of hydrogen-bond donors (Lipinski definition) is 0. The van der Waals surface area contributed by atoms with Gasteiger partial charge in [-0.25, -0.2) is 9.97 Å².